The summed E-state index contributed by atoms with van der Waals surface area (Å²) in [7, 11) is 0. The van der Waals surface area contributed by atoms with Crippen molar-refractivity contribution in [1.29, 1.82) is 0 Å². The van der Waals surface area contributed by atoms with E-state index in [-0.39, 0.29) is 11.8 Å². The van der Waals surface area contributed by atoms with Crippen molar-refractivity contribution < 1.29 is 9.59 Å². The molecular formula is C11H8Br2O2. The number of alkyl halides is 2. The Hall–Kier alpha value is 0.300. The van der Waals surface area contributed by atoms with Crippen LogP contribution in [0.4, 0.5) is 0 Å². The Balaban J connectivity index is 1.95. The van der Waals surface area contributed by atoms with E-state index < -0.39 is 8.65 Å². The lowest BCUT2D eigenvalue weighted by atomic mass is 9.59. The highest BCUT2D eigenvalue weighted by Crippen LogP contribution is 2.87. The van der Waals surface area contributed by atoms with Crippen LogP contribution in [0.2, 0.25) is 0 Å². The highest BCUT2D eigenvalue weighted by Gasteiger charge is 2.95. The fourth-order valence-electron chi connectivity index (χ4n) is 5.77. The van der Waals surface area contributed by atoms with Gasteiger partial charge in [-0.25, -0.2) is 0 Å². The molecule has 8 atom stereocenters. The highest BCUT2D eigenvalue weighted by atomic mass is 79.9. The van der Waals surface area contributed by atoms with Gasteiger partial charge in [0.15, 0.2) is 11.6 Å². The molecule has 15 heavy (non-hydrogen) atoms. The molecule has 5 rings (SSSR count). The van der Waals surface area contributed by atoms with Crippen LogP contribution in [0, 0.1) is 35.5 Å². The normalized spacial score (nSPS) is 75.9. The van der Waals surface area contributed by atoms with Crippen LogP contribution >= 0.6 is 31.9 Å². The van der Waals surface area contributed by atoms with Crippen molar-refractivity contribution in [3.63, 3.8) is 0 Å². The Bertz CT molecular complexity index is 433. The molecule has 0 aliphatic heterocycles. The van der Waals surface area contributed by atoms with Crippen molar-refractivity contribution in [1.82, 2.24) is 0 Å². The van der Waals surface area contributed by atoms with Crippen LogP contribution in [0.1, 0.15) is 6.42 Å². The molecule has 0 aromatic carbocycles. The zero-order valence-corrected chi connectivity index (χ0v) is 10.9. The molecule has 0 aromatic rings. The van der Waals surface area contributed by atoms with Crippen LogP contribution in [0.3, 0.4) is 0 Å². The van der Waals surface area contributed by atoms with Gasteiger partial charge < -0.3 is 0 Å². The Labute approximate surface area is 103 Å². The van der Waals surface area contributed by atoms with E-state index in [1.807, 2.05) is 0 Å². The Morgan fingerprint density at radius 3 is 1.73 bits per heavy atom. The maximum Gasteiger partial charge on any atom is 0.155 e. The van der Waals surface area contributed by atoms with Crippen molar-refractivity contribution >= 4 is 43.4 Å². The molecule has 0 radical (unpaired) electrons. The van der Waals surface area contributed by atoms with Crippen molar-refractivity contribution in [2.75, 3.05) is 0 Å². The molecule has 0 amide bonds. The average Bonchev–Trinajstić information content (AvgIpc) is 2.79. The smallest absolute Gasteiger partial charge is 0.155 e. The largest absolute Gasteiger partial charge is 0.298 e. The molecule has 2 bridgehead atoms. The van der Waals surface area contributed by atoms with Gasteiger partial charge in [0, 0.05) is 11.8 Å². The average molecular weight is 332 g/mol. The third-order valence-corrected chi connectivity index (χ3v) is 9.56. The first-order chi connectivity index (χ1) is 7.04. The Morgan fingerprint density at radius 2 is 1.33 bits per heavy atom. The summed E-state index contributed by atoms with van der Waals surface area (Å²) < 4.78 is -1.03. The molecule has 0 spiro atoms. The number of ketones is 2. The SMILES string of the molecule is O=C1[C@@H]2[C@H]3C[C@H]4[C@@H]2C(=O)[C@]2(Br)[C@@H]4[C@H]3[C@@]12Br. The Morgan fingerprint density at radius 1 is 0.933 bits per heavy atom. The monoisotopic (exact) mass is 330 g/mol. The molecule has 4 heteroatoms. The lowest BCUT2D eigenvalue weighted by Crippen LogP contribution is -2.71. The number of Topliss-reactive ketones (excluding diaryl/α,β-unsaturated/α-hetero) is 2. The summed E-state index contributed by atoms with van der Waals surface area (Å²) in [4.78, 5) is 24.7. The number of carbonyl (C=O) groups is 2. The van der Waals surface area contributed by atoms with Gasteiger partial charge in [-0.05, 0) is 30.1 Å². The fourth-order valence-corrected chi connectivity index (χ4v) is 8.47. The van der Waals surface area contributed by atoms with Gasteiger partial charge >= 0.3 is 0 Å². The van der Waals surface area contributed by atoms with Crippen LogP contribution in [-0.4, -0.2) is 20.2 Å². The van der Waals surface area contributed by atoms with E-state index >= 15 is 0 Å². The van der Waals surface area contributed by atoms with Crippen LogP contribution < -0.4 is 0 Å². The molecular weight excluding hydrogens is 324 g/mol. The van der Waals surface area contributed by atoms with Crippen molar-refractivity contribution in [2.24, 2.45) is 35.5 Å². The van der Waals surface area contributed by atoms with Crippen LogP contribution in [-0.2, 0) is 9.59 Å². The topological polar surface area (TPSA) is 34.1 Å². The zero-order chi connectivity index (χ0) is 10.3. The molecule has 0 unspecified atom stereocenters. The van der Waals surface area contributed by atoms with Gasteiger partial charge in [-0.2, -0.15) is 0 Å². The lowest BCUT2D eigenvalue weighted by Gasteiger charge is -2.56. The summed E-state index contributed by atoms with van der Waals surface area (Å²) in [5.74, 6) is 2.78. The first-order valence-corrected chi connectivity index (χ1v) is 7.09. The molecule has 2 nitrogen and oxygen atoms in total. The number of fused-ring (bicyclic) bond motifs is 2. The molecule has 78 valence electrons. The Kier molecular flexibility index (Phi) is 1.02. The van der Waals surface area contributed by atoms with E-state index in [1.165, 1.54) is 0 Å². The summed E-state index contributed by atoms with van der Waals surface area (Å²) in [6.45, 7) is 0. The van der Waals surface area contributed by atoms with E-state index in [1.54, 1.807) is 0 Å². The second kappa shape index (κ2) is 1.82. The fraction of sp³-hybridized carbons (Fsp3) is 0.818. The molecule has 0 N–H and O–H groups in total. The minimum absolute atomic E-state index is 0.0799. The first kappa shape index (κ1) is 8.40. The summed E-state index contributed by atoms with van der Waals surface area (Å²) in [5, 5.41) is 0. The summed E-state index contributed by atoms with van der Waals surface area (Å²) in [6.07, 6.45) is 1.13. The van der Waals surface area contributed by atoms with Gasteiger partial charge in [-0.1, -0.05) is 31.9 Å². The van der Waals surface area contributed by atoms with E-state index in [0.717, 1.165) is 6.42 Å². The van der Waals surface area contributed by atoms with Crippen LogP contribution in [0.5, 0.6) is 0 Å². The molecule has 5 saturated carbocycles. The maximum absolute atomic E-state index is 12.3. The molecule has 5 aliphatic carbocycles. The molecule has 5 aliphatic rings. The van der Waals surface area contributed by atoms with Crippen molar-refractivity contribution in [3.05, 3.63) is 0 Å². The third-order valence-electron chi connectivity index (χ3n) is 5.93. The zero-order valence-electron chi connectivity index (χ0n) is 7.74. The molecule has 0 heterocycles. The second-order valence-corrected chi connectivity index (χ2v) is 8.32. The number of hydrogen-bond donors (Lipinski definition) is 0. The van der Waals surface area contributed by atoms with Crippen LogP contribution in [0.15, 0.2) is 0 Å². The third kappa shape index (κ3) is 0.450. The van der Waals surface area contributed by atoms with E-state index in [2.05, 4.69) is 31.9 Å². The van der Waals surface area contributed by atoms with Gasteiger partial charge in [0.1, 0.15) is 8.65 Å². The highest BCUT2D eigenvalue weighted by molar-refractivity contribution is 9.13. The molecule has 5 fully saturated rings. The quantitative estimate of drug-likeness (QED) is 0.631. The van der Waals surface area contributed by atoms with E-state index in [9.17, 15) is 9.59 Å². The van der Waals surface area contributed by atoms with Crippen molar-refractivity contribution in [3.8, 4) is 0 Å². The summed E-state index contributed by atoms with van der Waals surface area (Å²) >= 11 is 7.26. The number of hydrogen-bond acceptors (Lipinski definition) is 2. The minimum atomic E-state index is -0.515. The predicted molar refractivity (Wildman–Crippen MR) is 58.9 cm³/mol. The molecule has 0 aromatic heterocycles. The van der Waals surface area contributed by atoms with Gasteiger partial charge in [0.25, 0.3) is 0 Å². The number of halogens is 2. The first-order valence-electron chi connectivity index (χ1n) is 5.51. The number of rotatable bonds is 0. The maximum atomic E-state index is 12.3. The van der Waals surface area contributed by atoms with Crippen LogP contribution in [0.25, 0.3) is 0 Å². The van der Waals surface area contributed by atoms with E-state index in [4.69, 9.17) is 0 Å². The standard InChI is InChI=1S/C11H8Br2O2/c12-10-6-2-1-3-5(4(2)8(10)14)9(15)11(10,13)7(3)6/h2-7H,1H2/t2-,3+,4-,5+,6-,7-,10+,11+/m0/s1. The van der Waals surface area contributed by atoms with Gasteiger partial charge in [-0.15, -0.1) is 0 Å². The lowest BCUT2D eigenvalue weighted by molar-refractivity contribution is -0.139. The second-order valence-electron chi connectivity index (χ2n) is 5.82. The van der Waals surface area contributed by atoms with E-state index in [0.29, 0.717) is 35.2 Å². The van der Waals surface area contributed by atoms with Gasteiger partial charge in [0.05, 0.1) is 0 Å². The van der Waals surface area contributed by atoms with Crippen molar-refractivity contribution in [2.45, 2.75) is 15.1 Å². The minimum Gasteiger partial charge on any atom is -0.298 e. The van der Waals surface area contributed by atoms with Gasteiger partial charge in [-0.3, -0.25) is 9.59 Å². The molecule has 0 saturated heterocycles. The van der Waals surface area contributed by atoms with Gasteiger partial charge in [0.2, 0.25) is 0 Å². The summed E-state index contributed by atoms with van der Waals surface area (Å²) in [6, 6.07) is 0. The summed E-state index contributed by atoms with van der Waals surface area (Å²) in [5.41, 5.74) is 0. The predicted octanol–water partition coefficient (Wildman–Crippen LogP) is 1.55. The number of carbonyl (C=O) groups excluding carboxylic acids is 2.